The molecule has 328 valence electrons. The fourth-order valence-corrected chi connectivity index (χ4v) is 8.44. The van der Waals surface area contributed by atoms with Crippen LogP contribution in [0.3, 0.4) is 0 Å². The lowest BCUT2D eigenvalue weighted by Gasteiger charge is -2.39. The molecule has 7 N–H and O–H groups in total. The standard InChI is InChI=1S/C42H54ClN9O9/c1-22-8-17-31(52(22)39(54)42(44,24(3)60-6)50-41(57)61-7)37-47-34(35(43)49-37)29-15-11-27(12-16-29)26-9-13-28(14-10-26)30-19-45-36(46-30)32-18-25(21-58-4)20-51(32)38(53)33(23(2)59-5)48-40(55)56/h9-16,19,22-25,31-33,48H,8,17-18,20-21,44H2,1-7H3,(H,45,46)(H,47,49)(H,50,57)(H,55,56)/t22-,23+,24+,25-,31-,32-,33-,42-/m0/s1. The van der Waals surface area contributed by atoms with Crippen molar-refractivity contribution in [1.29, 1.82) is 0 Å². The van der Waals surface area contributed by atoms with Crippen LogP contribution >= 0.6 is 11.6 Å². The molecule has 4 heterocycles. The second-order valence-corrected chi connectivity index (χ2v) is 15.9. The summed E-state index contributed by atoms with van der Waals surface area (Å²) in [6.45, 7) is 5.97. The molecule has 61 heavy (non-hydrogen) atoms. The van der Waals surface area contributed by atoms with E-state index in [2.05, 4.69) is 30.6 Å². The number of nitrogens with zero attached hydrogens (tertiary/aromatic N) is 4. The molecule has 2 aromatic carbocycles. The number of rotatable bonds is 15. The summed E-state index contributed by atoms with van der Waals surface area (Å²) in [5.74, 6) is 0.180. The number of ether oxygens (including phenoxy) is 4. The average Bonchev–Trinajstić information content (AvgIpc) is 4.08. The van der Waals surface area contributed by atoms with Crippen LogP contribution in [0.2, 0.25) is 5.15 Å². The molecule has 0 radical (unpaired) electrons. The third-order valence-electron chi connectivity index (χ3n) is 11.8. The van der Waals surface area contributed by atoms with Crippen molar-refractivity contribution in [3.63, 3.8) is 0 Å². The number of methoxy groups -OCH3 is 4. The topological polar surface area (TPSA) is 239 Å². The fourth-order valence-electron chi connectivity index (χ4n) is 8.20. The van der Waals surface area contributed by atoms with Crippen LogP contribution in [-0.2, 0) is 28.5 Å². The lowest BCUT2D eigenvalue weighted by atomic mass is 10.0. The zero-order chi connectivity index (χ0) is 44.2. The number of carboxylic acid groups (broad SMARTS) is 1. The molecule has 0 bridgehead atoms. The Balaban J connectivity index is 1.17. The third-order valence-corrected chi connectivity index (χ3v) is 12.1. The van der Waals surface area contributed by atoms with Gasteiger partial charge in [-0.15, -0.1) is 0 Å². The number of alkyl carbamates (subject to hydrolysis) is 1. The molecule has 2 aliphatic rings. The van der Waals surface area contributed by atoms with E-state index in [9.17, 15) is 24.3 Å². The minimum Gasteiger partial charge on any atom is -0.465 e. The number of nitrogens with two attached hydrogens (primary N) is 1. The predicted octanol–water partition coefficient (Wildman–Crippen LogP) is 5.09. The number of benzene rings is 2. The second-order valence-electron chi connectivity index (χ2n) is 15.6. The number of aromatic amines is 2. The Morgan fingerprint density at radius 3 is 2.16 bits per heavy atom. The summed E-state index contributed by atoms with van der Waals surface area (Å²) < 4.78 is 20.9. The molecule has 19 heteroatoms. The molecule has 0 aliphatic carbocycles. The van der Waals surface area contributed by atoms with E-state index in [1.165, 1.54) is 21.3 Å². The van der Waals surface area contributed by atoms with Crippen molar-refractivity contribution < 1.29 is 43.2 Å². The lowest BCUT2D eigenvalue weighted by molar-refractivity contribution is -0.147. The van der Waals surface area contributed by atoms with Gasteiger partial charge in [-0.2, -0.15) is 0 Å². The van der Waals surface area contributed by atoms with Gasteiger partial charge in [0.05, 0.1) is 49.5 Å². The molecule has 2 fully saturated rings. The molecule has 0 unspecified atom stereocenters. The van der Waals surface area contributed by atoms with Crippen molar-refractivity contribution in [2.24, 2.45) is 11.7 Å². The highest BCUT2D eigenvalue weighted by molar-refractivity contribution is 6.31. The molecule has 6 rings (SSSR count). The van der Waals surface area contributed by atoms with E-state index in [-0.39, 0.29) is 17.1 Å². The molecular formula is C42H54ClN9O9. The van der Waals surface area contributed by atoms with Gasteiger partial charge in [0.15, 0.2) is 10.8 Å². The van der Waals surface area contributed by atoms with Crippen LogP contribution in [0.1, 0.15) is 63.8 Å². The first-order chi connectivity index (χ1) is 29.1. The van der Waals surface area contributed by atoms with Gasteiger partial charge in [-0.3, -0.25) is 20.6 Å². The molecule has 4 aromatic rings. The molecule has 18 nitrogen and oxygen atoms in total. The summed E-state index contributed by atoms with van der Waals surface area (Å²) >= 11 is 6.72. The van der Waals surface area contributed by atoms with Crippen LogP contribution in [0.15, 0.2) is 54.7 Å². The maximum Gasteiger partial charge on any atom is 0.408 e. The number of nitrogens with one attached hydrogen (secondary N) is 4. The van der Waals surface area contributed by atoms with Gasteiger partial charge in [0.2, 0.25) is 5.91 Å². The van der Waals surface area contributed by atoms with Crippen molar-refractivity contribution in [2.45, 2.75) is 82.1 Å². The average molecular weight is 864 g/mol. The van der Waals surface area contributed by atoms with Crippen LogP contribution in [0, 0.1) is 5.92 Å². The lowest BCUT2D eigenvalue weighted by Crippen LogP contribution is -2.71. The number of H-pyrrole nitrogens is 2. The van der Waals surface area contributed by atoms with E-state index in [1.807, 2.05) is 55.5 Å². The third kappa shape index (κ3) is 9.38. The number of carbonyl (C=O) groups is 4. The first-order valence-corrected chi connectivity index (χ1v) is 20.3. The van der Waals surface area contributed by atoms with Gasteiger partial charge < -0.3 is 49.1 Å². The van der Waals surface area contributed by atoms with Crippen molar-refractivity contribution >= 4 is 35.6 Å². The van der Waals surface area contributed by atoms with Crippen LogP contribution in [0.4, 0.5) is 9.59 Å². The van der Waals surface area contributed by atoms with Gasteiger partial charge in [-0.25, -0.2) is 19.6 Å². The molecular weight excluding hydrogens is 810 g/mol. The van der Waals surface area contributed by atoms with Crippen molar-refractivity contribution in [3.05, 3.63) is 71.5 Å². The number of aromatic nitrogens is 4. The number of carbonyl (C=O) groups excluding carboxylic acids is 3. The Labute approximate surface area is 358 Å². The maximum absolute atomic E-state index is 14.1. The predicted molar refractivity (Wildman–Crippen MR) is 225 cm³/mol. The van der Waals surface area contributed by atoms with Crippen molar-refractivity contribution in [1.82, 2.24) is 40.4 Å². The second kappa shape index (κ2) is 19.0. The number of hydrogen-bond acceptors (Lipinski definition) is 11. The highest BCUT2D eigenvalue weighted by Crippen LogP contribution is 2.40. The number of hydrogen-bond donors (Lipinski definition) is 6. The molecule has 0 spiro atoms. The monoisotopic (exact) mass is 863 g/mol. The fraction of sp³-hybridized carbons (Fsp3) is 0.476. The molecule has 2 aromatic heterocycles. The molecule has 8 atom stereocenters. The normalized spacial score (nSPS) is 21.4. The number of likely N-dealkylation sites (tertiary alicyclic amines) is 2. The van der Waals surface area contributed by atoms with Gasteiger partial charge in [0.25, 0.3) is 5.91 Å². The molecule has 0 saturated carbocycles. The minimum absolute atomic E-state index is 0.0331. The summed E-state index contributed by atoms with van der Waals surface area (Å²) in [6.07, 6.45) is -0.165. The van der Waals surface area contributed by atoms with Gasteiger partial charge in [-0.05, 0) is 56.7 Å². The van der Waals surface area contributed by atoms with E-state index in [0.717, 1.165) is 27.9 Å². The first kappa shape index (κ1) is 45.0. The SMILES string of the molecule is COC[C@H]1C[C@@H](c2ncc(-c3ccc(-c4ccc(-c5[nH]c([C@@H]6CC[C@H](C)N6C(=O)[C@@](N)(NC(=O)OC)[C@@H](C)OC)nc5Cl)cc4)cc3)[nH]2)N(C(=O)[C@@H](NC(=O)O)[C@@H](C)OC)C1. The van der Waals surface area contributed by atoms with Gasteiger partial charge in [0, 0.05) is 45.4 Å². The quantitative estimate of drug-likeness (QED) is 0.0857. The van der Waals surface area contributed by atoms with Crippen LogP contribution in [-0.4, -0.2) is 130 Å². The number of imidazole rings is 2. The molecule has 2 aliphatic heterocycles. The van der Waals surface area contributed by atoms with E-state index in [0.29, 0.717) is 49.8 Å². The summed E-state index contributed by atoms with van der Waals surface area (Å²) in [7, 11) is 5.64. The molecule has 4 amide bonds. The Morgan fingerprint density at radius 2 is 1.57 bits per heavy atom. The number of amides is 4. The first-order valence-electron chi connectivity index (χ1n) is 20.0. The Kier molecular flexibility index (Phi) is 14.0. The maximum atomic E-state index is 14.1. The largest absolute Gasteiger partial charge is 0.465 e. The Bertz CT molecular complexity index is 2180. The zero-order valence-corrected chi connectivity index (χ0v) is 36.0. The van der Waals surface area contributed by atoms with Crippen LogP contribution in [0.25, 0.3) is 33.6 Å². The summed E-state index contributed by atoms with van der Waals surface area (Å²) in [5, 5.41) is 14.5. The van der Waals surface area contributed by atoms with Gasteiger partial charge >= 0.3 is 12.2 Å². The Hall–Kier alpha value is -5.53. The Morgan fingerprint density at radius 1 is 0.934 bits per heavy atom. The van der Waals surface area contributed by atoms with E-state index in [1.54, 1.807) is 37.0 Å². The summed E-state index contributed by atoms with van der Waals surface area (Å²) in [6, 6.07) is 13.6. The van der Waals surface area contributed by atoms with E-state index >= 15 is 0 Å². The highest BCUT2D eigenvalue weighted by atomic mass is 35.5. The van der Waals surface area contributed by atoms with Crippen molar-refractivity contribution in [3.8, 4) is 33.6 Å². The summed E-state index contributed by atoms with van der Waals surface area (Å²) in [5.41, 5.74) is 9.59. The van der Waals surface area contributed by atoms with Gasteiger partial charge in [0.1, 0.15) is 23.8 Å². The summed E-state index contributed by atoms with van der Waals surface area (Å²) in [4.78, 5) is 71.0. The zero-order valence-electron chi connectivity index (χ0n) is 35.2. The minimum atomic E-state index is -1.90. The number of halogens is 1. The van der Waals surface area contributed by atoms with Crippen molar-refractivity contribution in [2.75, 3.05) is 41.6 Å². The van der Waals surface area contributed by atoms with E-state index < -0.39 is 60.0 Å². The van der Waals surface area contributed by atoms with Gasteiger partial charge in [-0.1, -0.05) is 60.1 Å². The molecule has 2 saturated heterocycles. The smallest absolute Gasteiger partial charge is 0.408 e. The van der Waals surface area contributed by atoms with Crippen LogP contribution in [0.5, 0.6) is 0 Å². The highest BCUT2D eigenvalue weighted by Gasteiger charge is 2.50. The van der Waals surface area contributed by atoms with E-state index in [4.69, 9.17) is 36.3 Å². The van der Waals surface area contributed by atoms with Crippen LogP contribution < -0.4 is 16.4 Å².